The Kier molecular flexibility index (Phi) is 8.57. The van der Waals surface area contributed by atoms with Crippen molar-refractivity contribution < 1.29 is 17.9 Å². The van der Waals surface area contributed by atoms with Crippen LogP contribution in [0, 0.1) is 0 Å². The van der Waals surface area contributed by atoms with Crippen LogP contribution in [0.4, 0.5) is 0 Å². The van der Waals surface area contributed by atoms with E-state index in [0.717, 1.165) is 5.56 Å². The first-order chi connectivity index (χ1) is 13.5. The van der Waals surface area contributed by atoms with Crippen LogP contribution in [0.3, 0.4) is 0 Å². The molecule has 9 heteroatoms. The van der Waals surface area contributed by atoms with Gasteiger partial charge in [-0.2, -0.15) is 0 Å². The van der Waals surface area contributed by atoms with E-state index in [1.54, 1.807) is 14.2 Å². The number of guanidine groups is 1. The average molecular weight is 531 g/mol. The largest absolute Gasteiger partial charge is 0.493 e. The molecule has 1 heterocycles. The Labute approximate surface area is 188 Å². The van der Waals surface area contributed by atoms with Crippen molar-refractivity contribution in [2.75, 3.05) is 25.7 Å². The van der Waals surface area contributed by atoms with Gasteiger partial charge >= 0.3 is 0 Å². The molecule has 0 amide bonds. The van der Waals surface area contributed by atoms with Gasteiger partial charge in [-0.3, -0.25) is 4.99 Å². The van der Waals surface area contributed by atoms with Crippen molar-refractivity contribution in [2.24, 2.45) is 4.99 Å². The van der Waals surface area contributed by atoms with Crippen LogP contribution in [0.1, 0.15) is 12.0 Å². The predicted octanol–water partition coefficient (Wildman–Crippen LogP) is 2.96. The Balaban J connectivity index is 0.00000300. The van der Waals surface area contributed by atoms with E-state index < -0.39 is 9.84 Å². The molecule has 1 aliphatic heterocycles. The second-order valence-electron chi connectivity index (χ2n) is 6.57. The van der Waals surface area contributed by atoms with Crippen molar-refractivity contribution in [2.45, 2.75) is 19.0 Å². The number of hydrogen-bond donors (Lipinski definition) is 2. The van der Waals surface area contributed by atoms with Gasteiger partial charge in [0.05, 0.1) is 18.6 Å². The molecular formula is C20H26IN3O4S. The van der Waals surface area contributed by atoms with Crippen LogP contribution in [0.15, 0.2) is 53.5 Å². The van der Waals surface area contributed by atoms with Crippen molar-refractivity contribution in [1.82, 2.24) is 10.6 Å². The molecule has 1 aliphatic rings. The van der Waals surface area contributed by atoms with Gasteiger partial charge in [-0.25, -0.2) is 8.42 Å². The predicted molar refractivity (Wildman–Crippen MR) is 125 cm³/mol. The van der Waals surface area contributed by atoms with E-state index >= 15 is 0 Å². The Morgan fingerprint density at radius 1 is 1.14 bits per heavy atom. The fourth-order valence-corrected chi connectivity index (χ4v) is 4.66. The number of benzene rings is 2. The molecular weight excluding hydrogens is 505 g/mol. The zero-order chi connectivity index (χ0) is 20.0. The highest BCUT2D eigenvalue weighted by Crippen LogP contribution is 2.30. The molecule has 2 aromatic carbocycles. The second kappa shape index (κ2) is 10.7. The molecule has 0 spiro atoms. The third kappa shape index (κ3) is 6.77. The van der Waals surface area contributed by atoms with Gasteiger partial charge < -0.3 is 20.1 Å². The summed E-state index contributed by atoms with van der Waals surface area (Å²) in [6, 6.07) is 15.1. The van der Waals surface area contributed by atoms with Gasteiger partial charge in [0.1, 0.15) is 5.75 Å². The third-order valence-corrected chi connectivity index (χ3v) is 6.25. The molecule has 2 N–H and O–H groups in total. The van der Waals surface area contributed by atoms with Crippen LogP contribution in [-0.4, -0.2) is 46.1 Å². The highest BCUT2D eigenvalue weighted by atomic mass is 127. The maximum absolute atomic E-state index is 11.6. The minimum Gasteiger partial charge on any atom is -0.493 e. The van der Waals surface area contributed by atoms with Crippen molar-refractivity contribution in [3.63, 3.8) is 0 Å². The van der Waals surface area contributed by atoms with Crippen molar-refractivity contribution in [3.8, 4) is 17.2 Å². The summed E-state index contributed by atoms with van der Waals surface area (Å²) in [5, 5.41) is 6.38. The SMILES string of the molecule is CN=C(NCc1ccc(Oc2ccccc2OC)cc1)NC1CCS(=O)(=O)C1.I. The number of nitrogens with zero attached hydrogens (tertiary/aromatic N) is 1. The number of ether oxygens (including phenoxy) is 2. The Morgan fingerprint density at radius 3 is 2.41 bits per heavy atom. The van der Waals surface area contributed by atoms with Crippen LogP contribution in [0.2, 0.25) is 0 Å². The van der Waals surface area contributed by atoms with Crippen LogP contribution in [-0.2, 0) is 16.4 Å². The lowest BCUT2D eigenvalue weighted by Gasteiger charge is -2.16. The summed E-state index contributed by atoms with van der Waals surface area (Å²) in [5.41, 5.74) is 1.05. The molecule has 0 aliphatic carbocycles. The Morgan fingerprint density at radius 2 is 1.83 bits per heavy atom. The standard InChI is InChI=1S/C20H25N3O4S.HI/c1-21-20(23-16-11-12-28(24,25)14-16)22-13-15-7-9-17(10-8-15)27-19-6-4-3-5-18(19)26-2;/h3-10,16H,11-14H2,1-2H3,(H2,21,22,23);1H. The van der Waals surface area contributed by atoms with Gasteiger partial charge in [0, 0.05) is 19.6 Å². The van der Waals surface area contributed by atoms with E-state index in [1.807, 2.05) is 48.5 Å². The summed E-state index contributed by atoms with van der Waals surface area (Å²) in [7, 11) is 0.359. The molecule has 0 saturated carbocycles. The van der Waals surface area contributed by atoms with Gasteiger partial charge in [-0.1, -0.05) is 24.3 Å². The van der Waals surface area contributed by atoms with Gasteiger partial charge in [-0.15, -0.1) is 24.0 Å². The van der Waals surface area contributed by atoms with Crippen molar-refractivity contribution >= 4 is 39.8 Å². The minimum atomic E-state index is -2.92. The van der Waals surface area contributed by atoms with Crippen LogP contribution < -0.4 is 20.1 Å². The molecule has 0 bridgehead atoms. The molecule has 0 radical (unpaired) electrons. The Hall–Kier alpha value is -2.01. The molecule has 2 aromatic rings. The van der Waals surface area contributed by atoms with E-state index in [2.05, 4.69) is 15.6 Å². The molecule has 158 valence electrons. The monoisotopic (exact) mass is 531 g/mol. The average Bonchev–Trinajstić information content (AvgIpc) is 3.05. The van der Waals surface area contributed by atoms with E-state index in [1.165, 1.54) is 0 Å². The summed E-state index contributed by atoms with van der Waals surface area (Å²) in [5.74, 6) is 3.03. The molecule has 1 unspecified atom stereocenters. The zero-order valence-corrected chi connectivity index (χ0v) is 19.6. The summed E-state index contributed by atoms with van der Waals surface area (Å²) >= 11 is 0. The van der Waals surface area contributed by atoms with Crippen molar-refractivity contribution in [1.29, 1.82) is 0 Å². The molecule has 7 nitrogen and oxygen atoms in total. The number of methoxy groups -OCH3 is 1. The van der Waals surface area contributed by atoms with Crippen LogP contribution >= 0.6 is 24.0 Å². The number of sulfone groups is 1. The van der Waals surface area contributed by atoms with Crippen LogP contribution in [0.5, 0.6) is 17.2 Å². The summed E-state index contributed by atoms with van der Waals surface area (Å²) < 4.78 is 34.3. The third-order valence-electron chi connectivity index (χ3n) is 4.48. The molecule has 1 fully saturated rings. The lowest BCUT2D eigenvalue weighted by molar-refractivity contribution is 0.379. The van der Waals surface area contributed by atoms with Gasteiger partial charge in [0.25, 0.3) is 0 Å². The number of halogens is 1. The second-order valence-corrected chi connectivity index (χ2v) is 8.80. The van der Waals surface area contributed by atoms with Crippen molar-refractivity contribution in [3.05, 3.63) is 54.1 Å². The first kappa shape index (κ1) is 23.3. The first-order valence-electron chi connectivity index (χ1n) is 9.06. The number of hydrogen-bond acceptors (Lipinski definition) is 5. The molecule has 1 atom stereocenters. The van der Waals surface area contributed by atoms with E-state index in [0.29, 0.717) is 36.2 Å². The smallest absolute Gasteiger partial charge is 0.191 e. The van der Waals surface area contributed by atoms with Crippen LogP contribution in [0.25, 0.3) is 0 Å². The lowest BCUT2D eigenvalue weighted by atomic mass is 10.2. The molecule has 3 rings (SSSR count). The summed E-state index contributed by atoms with van der Waals surface area (Å²) in [6.07, 6.45) is 0.609. The maximum atomic E-state index is 11.6. The number of aliphatic imine (C=N–C) groups is 1. The fraction of sp³-hybridized carbons (Fsp3) is 0.350. The normalized spacial score (nSPS) is 17.9. The zero-order valence-electron chi connectivity index (χ0n) is 16.4. The lowest BCUT2D eigenvalue weighted by Crippen LogP contribution is -2.43. The van der Waals surface area contributed by atoms with E-state index in [-0.39, 0.29) is 41.5 Å². The van der Waals surface area contributed by atoms with E-state index in [9.17, 15) is 8.42 Å². The van der Waals surface area contributed by atoms with E-state index in [4.69, 9.17) is 9.47 Å². The quantitative estimate of drug-likeness (QED) is 0.339. The molecule has 29 heavy (non-hydrogen) atoms. The van der Waals surface area contributed by atoms with Gasteiger partial charge in [0.15, 0.2) is 27.3 Å². The number of rotatable bonds is 6. The maximum Gasteiger partial charge on any atom is 0.191 e. The topological polar surface area (TPSA) is 89.0 Å². The van der Waals surface area contributed by atoms with Gasteiger partial charge in [0.2, 0.25) is 0 Å². The minimum absolute atomic E-state index is 0. The number of nitrogens with one attached hydrogen (secondary N) is 2. The first-order valence-corrected chi connectivity index (χ1v) is 10.9. The Bertz CT molecular complexity index is 933. The highest BCUT2D eigenvalue weighted by molar-refractivity contribution is 14.0. The number of para-hydroxylation sites is 2. The molecule has 0 aromatic heterocycles. The molecule has 1 saturated heterocycles. The summed E-state index contributed by atoms with van der Waals surface area (Å²) in [4.78, 5) is 4.17. The van der Waals surface area contributed by atoms with Gasteiger partial charge in [-0.05, 0) is 36.2 Å². The summed E-state index contributed by atoms with van der Waals surface area (Å²) in [6.45, 7) is 0.564. The fourth-order valence-electron chi connectivity index (χ4n) is 2.99. The highest BCUT2D eigenvalue weighted by Gasteiger charge is 2.28.